The highest BCUT2D eigenvalue weighted by Crippen LogP contribution is 2.66. The standard InChI is InChI=1S/C22H34N4O/c1-15(2)12-18-14-26(24-23-18)19-7-10-25(11-8-19)20(27)22-9-6-17(13-22)21(4,5)16(22)3/h14-15,17,19H,3,6-13H2,1-2,4-5H3/t17-,22-/m0/s1. The Hall–Kier alpha value is -1.65. The molecule has 0 spiro atoms. The van der Waals surface area contributed by atoms with Gasteiger partial charge in [0, 0.05) is 19.3 Å². The molecule has 2 saturated carbocycles. The quantitative estimate of drug-likeness (QED) is 0.752. The fraction of sp³-hybridized carbons (Fsp3) is 0.773. The largest absolute Gasteiger partial charge is 0.342 e. The monoisotopic (exact) mass is 370 g/mol. The molecule has 1 saturated heterocycles. The highest BCUT2D eigenvalue weighted by Gasteiger charge is 2.61. The normalized spacial score (nSPS) is 30.5. The molecule has 0 aromatic carbocycles. The number of rotatable bonds is 4. The number of carbonyl (C=O) groups excluding carboxylic acids is 1. The molecule has 5 nitrogen and oxygen atoms in total. The van der Waals surface area contributed by atoms with Crippen molar-refractivity contribution in [1.29, 1.82) is 0 Å². The summed E-state index contributed by atoms with van der Waals surface area (Å²) in [4.78, 5) is 15.6. The van der Waals surface area contributed by atoms with E-state index in [9.17, 15) is 4.79 Å². The van der Waals surface area contributed by atoms with Gasteiger partial charge in [0.15, 0.2) is 0 Å². The second-order valence-corrected chi connectivity index (χ2v) is 10.0. The molecule has 3 aliphatic rings. The van der Waals surface area contributed by atoms with Crippen LogP contribution in [0.1, 0.15) is 71.5 Å². The van der Waals surface area contributed by atoms with Crippen LogP contribution in [0.4, 0.5) is 0 Å². The Morgan fingerprint density at radius 2 is 2.00 bits per heavy atom. The molecule has 2 atom stereocenters. The molecular formula is C22H34N4O. The maximum absolute atomic E-state index is 13.5. The Kier molecular flexibility index (Phi) is 4.47. The van der Waals surface area contributed by atoms with Crippen LogP contribution >= 0.6 is 0 Å². The van der Waals surface area contributed by atoms with E-state index in [-0.39, 0.29) is 10.8 Å². The van der Waals surface area contributed by atoms with E-state index in [1.807, 2.05) is 4.68 Å². The lowest BCUT2D eigenvalue weighted by Crippen LogP contribution is -2.47. The van der Waals surface area contributed by atoms with Gasteiger partial charge in [0.05, 0.1) is 17.2 Å². The molecule has 1 amide bonds. The first-order chi connectivity index (χ1) is 12.7. The highest BCUT2D eigenvalue weighted by molar-refractivity contribution is 5.87. The van der Waals surface area contributed by atoms with Gasteiger partial charge in [-0.3, -0.25) is 4.79 Å². The first-order valence-electron chi connectivity index (χ1n) is 10.6. The fourth-order valence-electron chi connectivity index (χ4n) is 5.76. The van der Waals surface area contributed by atoms with E-state index >= 15 is 0 Å². The maximum atomic E-state index is 13.5. The number of piperidine rings is 1. The van der Waals surface area contributed by atoms with E-state index in [1.165, 1.54) is 12.0 Å². The number of hydrogen-bond donors (Lipinski definition) is 0. The molecule has 0 radical (unpaired) electrons. The second-order valence-electron chi connectivity index (χ2n) is 10.0. The number of nitrogens with zero attached hydrogens (tertiary/aromatic N) is 4. The third-order valence-electron chi connectivity index (χ3n) is 7.60. The molecule has 1 aromatic rings. The second kappa shape index (κ2) is 6.46. The topological polar surface area (TPSA) is 51.0 Å². The molecule has 27 heavy (non-hydrogen) atoms. The van der Waals surface area contributed by atoms with E-state index < -0.39 is 0 Å². The number of amides is 1. The van der Waals surface area contributed by atoms with E-state index in [0.29, 0.717) is 23.8 Å². The van der Waals surface area contributed by atoms with Crippen molar-refractivity contribution in [2.45, 2.75) is 72.3 Å². The van der Waals surface area contributed by atoms with Crippen molar-refractivity contribution in [1.82, 2.24) is 19.9 Å². The number of aromatic nitrogens is 3. The first kappa shape index (κ1) is 18.7. The molecular weight excluding hydrogens is 336 g/mol. The molecule has 1 aliphatic heterocycles. The summed E-state index contributed by atoms with van der Waals surface area (Å²) in [6.45, 7) is 15.0. The molecule has 2 bridgehead atoms. The SMILES string of the molecule is C=C1C(C)(C)[C@H]2CC[C@]1(C(=O)N1CCC(n3cc(CC(C)C)nn3)CC1)C2. The van der Waals surface area contributed by atoms with Gasteiger partial charge < -0.3 is 4.90 Å². The summed E-state index contributed by atoms with van der Waals surface area (Å²) < 4.78 is 2.03. The molecule has 2 heterocycles. The fourth-order valence-corrected chi connectivity index (χ4v) is 5.76. The third kappa shape index (κ3) is 2.94. The minimum atomic E-state index is -0.279. The lowest BCUT2D eigenvalue weighted by atomic mass is 9.68. The lowest BCUT2D eigenvalue weighted by molar-refractivity contribution is -0.141. The third-order valence-corrected chi connectivity index (χ3v) is 7.60. The van der Waals surface area contributed by atoms with Gasteiger partial charge in [-0.2, -0.15) is 0 Å². The van der Waals surface area contributed by atoms with Gasteiger partial charge in [-0.25, -0.2) is 4.68 Å². The van der Waals surface area contributed by atoms with Crippen LogP contribution < -0.4 is 0 Å². The predicted octanol–water partition coefficient (Wildman–Crippen LogP) is 4.02. The molecule has 0 N–H and O–H groups in total. The lowest BCUT2D eigenvalue weighted by Gasteiger charge is -2.41. The van der Waals surface area contributed by atoms with Crippen LogP contribution in [0.5, 0.6) is 0 Å². The van der Waals surface area contributed by atoms with Crippen molar-refractivity contribution >= 4 is 5.91 Å². The minimum absolute atomic E-state index is 0.111. The van der Waals surface area contributed by atoms with E-state index in [1.54, 1.807) is 0 Å². The Bertz CT molecular complexity index is 741. The summed E-state index contributed by atoms with van der Waals surface area (Å²) in [5.74, 6) is 1.56. The van der Waals surface area contributed by atoms with Gasteiger partial charge in [-0.15, -0.1) is 5.10 Å². The zero-order chi connectivity index (χ0) is 19.4. The average Bonchev–Trinajstić information content (AvgIpc) is 3.31. The number of likely N-dealkylation sites (tertiary alicyclic amines) is 1. The van der Waals surface area contributed by atoms with Crippen LogP contribution in [0, 0.1) is 22.7 Å². The van der Waals surface area contributed by atoms with Gasteiger partial charge in [0.2, 0.25) is 5.91 Å². The van der Waals surface area contributed by atoms with Crippen LogP contribution in [0.2, 0.25) is 0 Å². The summed E-state index contributed by atoms with van der Waals surface area (Å²) in [6, 6.07) is 0.361. The van der Waals surface area contributed by atoms with Crippen molar-refractivity contribution in [2.75, 3.05) is 13.1 Å². The van der Waals surface area contributed by atoms with Crippen LogP contribution in [0.15, 0.2) is 18.3 Å². The van der Waals surface area contributed by atoms with Gasteiger partial charge in [-0.05, 0) is 55.8 Å². The molecule has 4 rings (SSSR count). The Labute approximate surface area is 163 Å². The van der Waals surface area contributed by atoms with Crippen molar-refractivity contribution < 1.29 is 4.79 Å². The van der Waals surface area contributed by atoms with Crippen molar-refractivity contribution in [2.24, 2.45) is 22.7 Å². The maximum Gasteiger partial charge on any atom is 0.232 e. The van der Waals surface area contributed by atoms with Gasteiger partial charge in [0.25, 0.3) is 0 Å². The highest BCUT2D eigenvalue weighted by atomic mass is 16.2. The van der Waals surface area contributed by atoms with Crippen LogP contribution in [-0.4, -0.2) is 38.9 Å². The molecule has 3 fully saturated rings. The van der Waals surface area contributed by atoms with Gasteiger partial charge in [0.1, 0.15) is 0 Å². The average molecular weight is 371 g/mol. The zero-order valence-electron chi connectivity index (χ0n) is 17.4. The summed E-state index contributed by atoms with van der Waals surface area (Å²) in [5.41, 5.74) is 2.09. The van der Waals surface area contributed by atoms with Crippen molar-refractivity contribution in [3.63, 3.8) is 0 Å². The summed E-state index contributed by atoms with van der Waals surface area (Å²) >= 11 is 0. The predicted molar refractivity (Wildman–Crippen MR) is 106 cm³/mol. The Balaban J connectivity index is 1.40. The molecule has 148 valence electrons. The van der Waals surface area contributed by atoms with E-state index in [0.717, 1.165) is 50.9 Å². The minimum Gasteiger partial charge on any atom is -0.342 e. The number of fused-ring (bicyclic) bond motifs is 2. The summed E-state index contributed by atoms with van der Waals surface area (Å²) in [6.07, 6.45) is 8.19. The van der Waals surface area contributed by atoms with E-state index in [4.69, 9.17) is 0 Å². The zero-order valence-corrected chi connectivity index (χ0v) is 17.4. The Morgan fingerprint density at radius 1 is 1.30 bits per heavy atom. The van der Waals surface area contributed by atoms with Crippen LogP contribution in [0.25, 0.3) is 0 Å². The molecule has 2 aliphatic carbocycles. The summed E-state index contributed by atoms with van der Waals surface area (Å²) in [7, 11) is 0. The van der Waals surface area contributed by atoms with Gasteiger partial charge >= 0.3 is 0 Å². The molecule has 1 aromatic heterocycles. The molecule has 5 heteroatoms. The van der Waals surface area contributed by atoms with E-state index in [2.05, 4.69) is 55.7 Å². The van der Waals surface area contributed by atoms with Crippen LogP contribution in [-0.2, 0) is 11.2 Å². The molecule has 0 unspecified atom stereocenters. The number of carbonyl (C=O) groups is 1. The van der Waals surface area contributed by atoms with Crippen molar-refractivity contribution in [3.05, 3.63) is 24.0 Å². The van der Waals surface area contributed by atoms with Crippen LogP contribution in [0.3, 0.4) is 0 Å². The summed E-state index contributed by atoms with van der Waals surface area (Å²) in [5, 5.41) is 8.68. The number of hydrogen-bond acceptors (Lipinski definition) is 3. The van der Waals surface area contributed by atoms with Crippen molar-refractivity contribution in [3.8, 4) is 0 Å². The Morgan fingerprint density at radius 3 is 2.59 bits per heavy atom. The van der Waals surface area contributed by atoms with Gasteiger partial charge in [-0.1, -0.05) is 45.1 Å². The first-order valence-corrected chi connectivity index (χ1v) is 10.6. The smallest absolute Gasteiger partial charge is 0.232 e.